The van der Waals surface area contributed by atoms with Crippen LogP contribution in [0.3, 0.4) is 0 Å². The van der Waals surface area contributed by atoms with Crippen molar-refractivity contribution in [2.75, 3.05) is 24.9 Å². The van der Waals surface area contributed by atoms with Gasteiger partial charge in [0.2, 0.25) is 0 Å². The molecule has 0 atom stereocenters. The molecule has 8 heteroatoms. The SMILES string of the molecule is CN(CCCN)S(=O)(=O)Nc1c(F)cccc1F. The zero-order chi connectivity index (χ0) is 13.8. The van der Waals surface area contributed by atoms with Gasteiger partial charge < -0.3 is 5.73 Å². The van der Waals surface area contributed by atoms with Crippen molar-refractivity contribution in [2.45, 2.75) is 6.42 Å². The molecule has 1 aromatic rings. The maximum atomic E-state index is 13.3. The number of halogens is 2. The van der Waals surface area contributed by atoms with Crippen molar-refractivity contribution < 1.29 is 17.2 Å². The predicted molar refractivity (Wildman–Crippen MR) is 65.2 cm³/mol. The van der Waals surface area contributed by atoms with Gasteiger partial charge in [0.25, 0.3) is 0 Å². The van der Waals surface area contributed by atoms with Gasteiger partial charge in [0.15, 0.2) is 0 Å². The molecule has 0 aromatic heterocycles. The fourth-order valence-electron chi connectivity index (χ4n) is 1.24. The lowest BCUT2D eigenvalue weighted by Gasteiger charge is -2.18. The summed E-state index contributed by atoms with van der Waals surface area (Å²) in [5.74, 6) is -1.93. The topological polar surface area (TPSA) is 75.4 Å². The van der Waals surface area contributed by atoms with Crippen LogP contribution in [0, 0.1) is 11.6 Å². The highest BCUT2D eigenvalue weighted by molar-refractivity contribution is 7.90. The summed E-state index contributed by atoms with van der Waals surface area (Å²) in [5, 5.41) is 0. The molecule has 0 aliphatic carbocycles. The maximum absolute atomic E-state index is 13.3. The Morgan fingerprint density at radius 3 is 2.39 bits per heavy atom. The molecule has 0 radical (unpaired) electrons. The summed E-state index contributed by atoms with van der Waals surface area (Å²) in [6, 6.07) is 3.10. The Morgan fingerprint density at radius 1 is 1.33 bits per heavy atom. The minimum absolute atomic E-state index is 0.169. The molecule has 0 spiro atoms. The first-order valence-electron chi connectivity index (χ1n) is 5.26. The van der Waals surface area contributed by atoms with E-state index in [0.29, 0.717) is 13.0 Å². The van der Waals surface area contributed by atoms with Gasteiger partial charge in [0.05, 0.1) is 0 Å². The molecule has 0 bridgehead atoms. The molecule has 0 heterocycles. The second-order valence-corrected chi connectivity index (χ2v) is 5.45. The molecule has 18 heavy (non-hydrogen) atoms. The number of hydrogen-bond acceptors (Lipinski definition) is 3. The minimum atomic E-state index is -3.98. The average Bonchev–Trinajstić information content (AvgIpc) is 2.31. The fraction of sp³-hybridized carbons (Fsp3) is 0.400. The van der Waals surface area contributed by atoms with E-state index < -0.39 is 27.5 Å². The first-order valence-corrected chi connectivity index (χ1v) is 6.70. The van der Waals surface area contributed by atoms with Gasteiger partial charge in [0, 0.05) is 13.6 Å². The second-order valence-electron chi connectivity index (χ2n) is 3.67. The Morgan fingerprint density at radius 2 is 1.89 bits per heavy atom. The van der Waals surface area contributed by atoms with Gasteiger partial charge in [-0.05, 0) is 25.1 Å². The third kappa shape index (κ3) is 3.62. The third-order valence-electron chi connectivity index (χ3n) is 2.28. The van der Waals surface area contributed by atoms with Crippen LogP contribution in [-0.4, -0.2) is 32.9 Å². The molecular weight excluding hydrogens is 264 g/mol. The second kappa shape index (κ2) is 6.07. The quantitative estimate of drug-likeness (QED) is 0.812. The Labute approximate surface area is 105 Å². The fourth-order valence-corrected chi connectivity index (χ4v) is 2.21. The molecule has 0 saturated heterocycles. The van der Waals surface area contributed by atoms with E-state index in [1.807, 2.05) is 4.72 Å². The van der Waals surface area contributed by atoms with E-state index in [2.05, 4.69) is 0 Å². The van der Waals surface area contributed by atoms with Gasteiger partial charge >= 0.3 is 10.2 Å². The Kier molecular flexibility index (Phi) is 5.00. The Balaban J connectivity index is 2.89. The average molecular weight is 279 g/mol. The highest BCUT2D eigenvalue weighted by Gasteiger charge is 2.20. The largest absolute Gasteiger partial charge is 0.330 e. The summed E-state index contributed by atoms with van der Waals surface area (Å²) in [7, 11) is -2.68. The minimum Gasteiger partial charge on any atom is -0.330 e. The highest BCUT2D eigenvalue weighted by Crippen LogP contribution is 2.20. The van der Waals surface area contributed by atoms with Crippen molar-refractivity contribution in [3.63, 3.8) is 0 Å². The van der Waals surface area contributed by atoms with Crippen LogP contribution in [0.2, 0.25) is 0 Å². The van der Waals surface area contributed by atoms with Crippen LogP contribution < -0.4 is 10.5 Å². The van der Waals surface area contributed by atoms with Crippen LogP contribution in [0.25, 0.3) is 0 Å². The van der Waals surface area contributed by atoms with Crippen molar-refractivity contribution in [1.82, 2.24) is 4.31 Å². The molecule has 1 aromatic carbocycles. The van der Waals surface area contributed by atoms with Gasteiger partial charge in [-0.1, -0.05) is 6.07 Å². The standard InChI is InChI=1S/C10H15F2N3O2S/c1-15(7-3-6-13)18(16,17)14-10-8(11)4-2-5-9(10)12/h2,4-5,14H,3,6-7,13H2,1H3. The Bertz CT molecular complexity index is 488. The van der Waals surface area contributed by atoms with Gasteiger partial charge in [-0.3, -0.25) is 4.72 Å². The van der Waals surface area contributed by atoms with Crippen LogP contribution in [0.15, 0.2) is 18.2 Å². The smallest absolute Gasteiger partial charge is 0.301 e. The third-order valence-corrected chi connectivity index (χ3v) is 3.75. The molecule has 5 nitrogen and oxygen atoms in total. The zero-order valence-electron chi connectivity index (χ0n) is 9.86. The first kappa shape index (κ1) is 14.8. The van der Waals surface area contributed by atoms with E-state index in [0.717, 1.165) is 22.5 Å². The summed E-state index contributed by atoms with van der Waals surface area (Å²) in [4.78, 5) is 0. The van der Waals surface area contributed by atoms with E-state index >= 15 is 0 Å². The van der Waals surface area contributed by atoms with Gasteiger partial charge in [-0.25, -0.2) is 8.78 Å². The first-order chi connectivity index (χ1) is 8.38. The lowest BCUT2D eigenvalue weighted by atomic mass is 10.3. The molecular formula is C10H15F2N3O2S. The number of rotatable bonds is 6. The maximum Gasteiger partial charge on any atom is 0.301 e. The molecule has 0 aliphatic heterocycles. The molecule has 0 fully saturated rings. The summed E-state index contributed by atoms with van der Waals surface area (Å²) in [6.07, 6.45) is 0.456. The van der Waals surface area contributed by atoms with Crippen LogP contribution in [-0.2, 0) is 10.2 Å². The van der Waals surface area contributed by atoms with Crippen LogP contribution in [0.1, 0.15) is 6.42 Å². The summed E-state index contributed by atoms with van der Waals surface area (Å²) >= 11 is 0. The number of hydrogen-bond donors (Lipinski definition) is 2. The van der Waals surface area contributed by atoms with Crippen molar-refractivity contribution >= 4 is 15.9 Å². The van der Waals surface area contributed by atoms with E-state index in [4.69, 9.17) is 5.73 Å². The van der Waals surface area contributed by atoms with Gasteiger partial charge in [-0.15, -0.1) is 0 Å². The predicted octanol–water partition coefficient (Wildman–Crippen LogP) is 0.902. The van der Waals surface area contributed by atoms with Gasteiger partial charge in [-0.2, -0.15) is 12.7 Å². The monoisotopic (exact) mass is 279 g/mol. The van der Waals surface area contributed by atoms with E-state index in [9.17, 15) is 17.2 Å². The van der Waals surface area contributed by atoms with Crippen molar-refractivity contribution in [2.24, 2.45) is 5.73 Å². The molecule has 102 valence electrons. The highest BCUT2D eigenvalue weighted by atomic mass is 32.2. The number of para-hydroxylation sites is 1. The summed E-state index contributed by atoms with van der Waals surface area (Å²) in [6.45, 7) is 0.496. The number of nitrogens with two attached hydrogens (primary N) is 1. The molecule has 3 N–H and O–H groups in total. The van der Waals surface area contributed by atoms with E-state index in [1.54, 1.807) is 0 Å². The lowest BCUT2D eigenvalue weighted by molar-refractivity contribution is 0.467. The van der Waals surface area contributed by atoms with Gasteiger partial charge in [0.1, 0.15) is 17.3 Å². The summed E-state index contributed by atoms with van der Waals surface area (Å²) < 4.78 is 52.9. The van der Waals surface area contributed by atoms with Crippen LogP contribution in [0.4, 0.5) is 14.5 Å². The summed E-state index contributed by atoms with van der Waals surface area (Å²) in [5.41, 5.74) is 4.58. The van der Waals surface area contributed by atoms with Crippen molar-refractivity contribution in [1.29, 1.82) is 0 Å². The number of nitrogens with one attached hydrogen (secondary N) is 1. The molecule has 1 rings (SSSR count). The molecule has 0 saturated carbocycles. The van der Waals surface area contributed by atoms with E-state index in [-0.39, 0.29) is 6.54 Å². The molecule has 0 aliphatic rings. The van der Waals surface area contributed by atoms with Crippen LogP contribution in [0.5, 0.6) is 0 Å². The number of nitrogens with zero attached hydrogens (tertiary/aromatic N) is 1. The van der Waals surface area contributed by atoms with Crippen molar-refractivity contribution in [3.05, 3.63) is 29.8 Å². The lowest BCUT2D eigenvalue weighted by Crippen LogP contribution is -2.34. The number of anilines is 1. The van der Waals surface area contributed by atoms with E-state index in [1.165, 1.54) is 7.05 Å². The normalized spacial score (nSPS) is 11.8. The number of benzene rings is 1. The molecule has 0 unspecified atom stereocenters. The van der Waals surface area contributed by atoms with Crippen molar-refractivity contribution in [3.8, 4) is 0 Å². The zero-order valence-corrected chi connectivity index (χ0v) is 10.7. The van der Waals surface area contributed by atoms with Crippen LogP contribution >= 0.6 is 0 Å². The molecule has 0 amide bonds. The Hall–Kier alpha value is -1.25.